The van der Waals surface area contributed by atoms with Crippen LogP contribution in [-0.4, -0.2) is 35.1 Å². The van der Waals surface area contributed by atoms with Crippen molar-refractivity contribution in [2.45, 2.75) is 51.6 Å². The first kappa shape index (κ1) is 11.5. The van der Waals surface area contributed by atoms with E-state index in [1.165, 1.54) is 12.8 Å². The van der Waals surface area contributed by atoms with Crippen LogP contribution in [0.4, 0.5) is 0 Å². The van der Waals surface area contributed by atoms with Gasteiger partial charge in [0.1, 0.15) is 6.04 Å². The number of hydrogen-bond donors (Lipinski definition) is 1. The number of hydrogen-bond acceptors (Lipinski definition) is 2. The highest BCUT2D eigenvalue weighted by Gasteiger charge is 2.32. The van der Waals surface area contributed by atoms with Gasteiger partial charge in [-0.05, 0) is 32.2 Å². The number of rotatable bonds is 4. The van der Waals surface area contributed by atoms with E-state index in [4.69, 9.17) is 5.11 Å². The standard InChI is InChI=1S/C11H21NO2/c1-4-9(11(13)14)12(3)10-7-5-6-8(10)2/h8-10H,4-7H2,1-3H3,(H,13,14). The SMILES string of the molecule is CCC(C(=O)O)N(C)C1CCCC1C. The maximum atomic E-state index is 11.0. The van der Waals surface area contributed by atoms with Crippen LogP contribution in [0.15, 0.2) is 0 Å². The molecule has 0 heterocycles. The Morgan fingerprint density at radius 2 is 2.21 bits per heavy atom. The molecule has 0 radical (unpaired) electrons. The fourth-order valence-electron chi connectivity index (χ4n) is 2.60. The van der Waals surface area contributed by atoms with Crippen molar-refractivity contribution in [3.63, 3.8) is 0 Å². The molecule has 0 aliphatic heterocycles. The van der Waals surface area contributed by atoms with Crippen molar-refractivity contribution in [2.75, 3.05) is 7.05 Å². The fraction of sp³-hybridized carbons (Fsp3) is 0.909. The highest BCUT2D eigenvalue weighted by Crippen LogP contribution is 2.30. The van der Waals surface area contributed by atoms with Gasteiger partial charge in [0, 0.05) is 6.04 Å². The van der Waals surface area contributed by atoms with E-state index < -0.39 is 5.97 Å². The van der Waals surface area contributed by atoms with E-state index >= 15 is 0 Å². The largest absolute Gasteiger partial charge is 0.480 e. The Labute approximate surface area is 86.1 Å². The molecule has 0 spiro atoms. The molecule has 1 N–H and O–H groups in total. The lowest BCUT2D eigenvalue weighted by Crippen LogP contribution is -2.45. The molecule has 0 bridgehead atoms. The van der Waals surface area contributed by atoms with Crippen molar-refractivity contribution in [1.82, 2.24) is 4.90 Å². The van der Waals surface area contributed by atoms with Crippen LogP contribution in [0.2, 0.25) is 0 Å². The maximum absolute atomic E-state index is 11.0. The Morgan fingerprint density at radius 3 is 2.57 bits per heavy atom. The molecular weight excluding hydrogens is 178 g/mol. The number of aliphatic carboxylic acids is 1. The van der Waals surface area contributed by atoms with Crippen molar-refractivity contribution in [1.29, 1.82) is 0 Å². The van der Waals surface area contributed by atoms with Crippen LogP contribution in [0.3, 0.4) is 0 Å². The summed E-state index contributed by atoms with van der Waals surface area (Å²) < 4.78 is 0. The van der Waals surface area contributed by atoms with Crippen LogP contribution >= 0.6 is 0 Å². The molecule has 0 saturated heterocycles. The van der Waals surface area contributed by atoms with Crippen molar-refractivity contribution in [3.05, 3.63) is 0 Å². The van der Waals surface area contributed by atoms with E-state index in [-0.39, 0.29) is 6.04 Å². The van der Waals surface area contributed by atoms with Gasteiger partial charge in [-0.3, -0.25) is 9.69 Å². The predicted octanol–water partition coefficient (Wildman–Crippen LogP) is 1.97. The third-order valence-electron chi connectivity index (χ3n) is 3.50. The second kappa shape index (κ2) is 4.78. The van der Waals surface area contributed by atoms with E-state index in [1.54, 1.807) is 0 Å². The molecule has 1 fully saturated rings. The summed E-state index contributed by atoms with van der Waals surface area (Å²) >= 11 is 0. The Balaban J connectivity index is 2.61. The van der Waals surface area contributed by atoms with Crippen molar-refractivity contribution >= 4 is 5.97 Å². The van der Waals surface area contributed by atoms with Crippen LogP contribution in [0.5, 0.6) is 0 Å². The molecule has 3 atom stereocenters. The summed E-state index contributed by atoms with van der Waals surface area (Å²) in [6, 6.07) is 0.164. The monoisotopic (exact) mass is 199 g/mol. The summed E-state index contributed by atoms with van der Waals surface area (Å²) in [6.07, 6.45) is 4.33. The lowest BCUT2D eigenvalue weighted by molar-refractivity contribution is -0.144. The highest BCUT2D eigenvalue weighted by atomic mass is 16.4. The normalized spacial score (nSPS) is 29.4. The third-order valence-corrected chi connectivity index (χ3v) is 3.50. The molecule has 3 heteroatoms. The van der Waals surface area contributed by atoms with E-state index in [0.29, 0.717) is 18.4 Å². The number of likely N-dealkylation sites (N-methyl/N-ethyl adjacent to an activating group) is 1. The van der Waals surface area contributed by atoms with E-state index in [1.807, 2.05) is 14.0 Å². The molecule has 1 rings (SSSR count). The van der Waals surface area contributed by atoms with Gasteiger partial charge in [-0.15, -0.1) is 0 Å². The van der Waals surface area contributed by atoms with Gasteiger partial charge in [-0.25, -0.2) is 0 Å². The van der Waals surface area contributed by atoms with Gasteiger partial charge in [0.15, 0.2) is 0 Å². The van der Waals surface area contributed by atoms with Crippen molar-refractivity contribution in [3.8, 4) is 0 Å². The highest BCUT2D eigenvalue weighted by molar-refractivity contribution is 5.73. The quantitative estimate of drug-likeness (QED) is 0.752. The molecule has 1 aliphatic rings. The van der Waals surface area contributed by atoms with Crippen LogP contribution in [0, 0.1) is 5.92 Å². The summed E-state index contributed by atoms with van der Waals surface area (Å²) in [4.78, 5) is 13.0. The summed E-state index contributed by atoms with van der Waals surface area (Å²) in [5.41, 5.74) is 0. The second-order valence-corrected chi connectivity index (χ2v) is 4.40. The van der Waals surface area contributed by atoms with E-state index in [9.17, 15) is 4.79 Å². The van der Waals surface area contributed by atoms with Crippen LogP contribution in [-0.2, 0) is 4.79 Å². The molecular formula is C11H21NO2. The molecule has 3 unspecified atom stereocenters. The predicted molar refractivity (Wildman–Crippen MR) is 56.3 cm³/mol. The minimum absolute atomic E-state index is 0.305. The molecule has 3 nitrogen and oxygen atoms in total. The minimum Gasteiger partial charge on any atom is -0.480 e. The van der Waals surface area contributed by atoms with Crippen molar-refractivity contribution < 1.29 is 9.90 Å². The van der Waals surface area contributed by atoms with Gasteiger partial charge >= 0.3 is 5.97 Å². The first-order chi connectivity index (χ1) is 6.57. The van der Waals surface area contributed by atoms with Crippen LogP contribution in [0.1, 0.15) is 39.5 Å². The zero-order valence-electron chi connectivity index (χ0n) is 9.36. The molecule has 1 aliphatic carbocycles. The molecule has 0 amide bonds. The zero-order valence-corrected chi connectivity index (χ0v) is 9.36. The zero-order chi connectivity index (χ0) is 10.7. The summed E-state index contributed by atoms with van der Waals surface area (Å²) in [5, 5.41) is 9.05. The average Bonchev–Trinajstić information content (AvgIpc) is 2.51. The summed E-state index contributed by atoms with van der Waals surface area (Å²) in [6.45, 7) is 4.16. The van der Waals surface area contributed by atoms with Gasteiger partial charge in [-0.1, -0.05) is 20.3 Å². The molecule has 14 heavy (non-hydrogen) atoms. The van der Waals surface area contributed by atoms with Gasteiger partial charge in [0.05, 0.1) is 0 Å². The lowest BCUT2D eigenvalue weighted by atomic mass is 10.0. The Kier molecular flexibility index (Phi) is 3.93. The first-order valence-electron chi connectivity index (χ1n) is 5.52. The smallest absolute Gasteiger partial charge is 0.320 e. The molecule has 0 aromatic carbocycles. The Hall–Kier alpha value is -0.570. The molecule has 82 valence electrons. The average molecular weight is 199 g/mol. The second-order valence-electron chi connectivity index (χ2n) is 4.40. The number of carboxylic acid groups (broad SMARTS) is 1. The van der Waals surface area contributed by atoms with E-state index in [0.717, 1.165) is 6.42 Å². The third kappa shape index (κ3) is 2.27. The summed E-state index contributed by atoms with van der Waals surface area (Å²) in [5.74, 6) is -0.0394. The fourth-order valence-corrected chi connectivity index (χ4v) is 2.60. The van der Waals surface area contributed by atoms with E-state index in [2.05, 4.69) is 11.8 Å². The van der Waals surface area contributed by atoms with Gasteiger partial charge in [0.2, 0.25) is 0 Å². The van der Waals surface area contributed by atoms with Crippen LogP contribution in [0.25, 0.3) is 0 Å². The van der Waals surface area contributed by atoms with Gasteiger partial charge < -0.3 is 5.11 Å². The lowest BCUT2D eigenvalue weighted by Gasteiger charge is -2.32. The van der Waals surface area contributed by atoms with Crippen LogP contribution < -0.4 is 0 Å². The molecule has 1 saturated carbocycles. The Bertz CT molecular complexity index is 205. The molecule has 0 aromatic rings. The Morgan fingerprint density at radius 1 is 1.57 bits per heavy atom. The topological polar surface area (TPSA) is 40.5 Å². The van der Waals surface area contributed by atoms with Gasteiger partial charge in [-0.2, -0.15) is 0 Å². The van der Waals surface area contributed by atoms with Crippen molar-refractivity contribution in [2.24, 2.45) is 5.92 Å². The number of carbonyl (C=O) groups is 1. The van der Waals surface area contributed by atoms with Gasteiger partial charge in [0.25, 0.3) is 0 Å². The molecule has 0 aromatic heterocycles. The number of nitrogens with zero attached hydrogens (tertiary/aromatic N) is 1. The maximum Gasteiger partial charge on any atom is 0.320 e. The number of carboxylic acids is 1. The minimum atomic E-state index is -0.686. The first-order valence-corrected chi connectivity index (χ1v) is 5.52. The summed E-state index contributed by atoms with van der Waals surface area (Å²) in [7, 11) is 1.95.